The summed E-state index contributed by atoms with van der Waals surface area (Å²) >= 11 is 0. The third kappa shape index (κ3) is 2.59. The van der Waals surface area contributed by atoms with Crippen LogP contribution in [0.3, 0.4) is 0 Å². The standard InChI is InChI=1S/C19H17N4O3/c1-25-17(24)12-26-15-7-3-6-14(10-15)19-22-18(13-4-2-5-13)16-11-21-8-9-23(16,19)20/h2-11H,12,20H2,1H3/q+1. The van der Waals surface area contributed by atoms with Gasteiger partial charge in [-0.1, -0.05) is 24.3 Å². The lowest BCUT2D eigenvalue weighted by Gasteiger charge is -2.26. The van der Waals surface area contributed by atoms with Crippen molar-refractivity contribution in [2.75, 3.05) is 13.7 Å². The fraction of sp³-hybridized carbons (Fsp3) is 0.105. The van der Waals surface area contributed by atoms with E-state index in [2.05, 4.69) is 9.73 Å². The molecule has 2 aliphatic heterocycles. The summed E-state index contributed by atoms with van der Waals surface area (Å²) in [6.45, 7) is -0.159. The second-order valence-electron chi connectivity index (χ2n) is 5.90. The van der Waals surface area contributed by atoms with Crippen molar-refractivity contribution < 1.29 is 18.9 Å². The Balaban J connectivity index is 1.69. The molecule has 2 heterocycles. The molecule has 1 unspecified atom stereocenters. The number of methoxy groups -OCH3 is 1. The summed E-state index contributed by atoms with van der Waals surface area (Å²) in [5, 5.41) is 0. The highest BCUT2D eigenvalue weighted by Crippen LogP contribution is 2.36. The number of nitrogens with two attached hydrogens (primary N) is 1. The molecule has 0 bridgehead atoms. The number of esters is 1. The Morgan fingerprint density at radius 3 is 2.92 bits per heavy atom. The zero-order valence-electron chi connectivity index (χ0n) is 14.1. The van der Waals surface area contributed by atoms with Gasteiger partial charge < -0.3 is 9.47 Å². The molecule has 130 valence electrons. The van der Waals surface area contributed by atoms with Crippen LogP contribution in [0.1, 0.15) is 5.56 Å². The quantitative estimate of drug-likeness (QED) is 0.500. The highest BCUT2D eigenvalue weighted by molar-refractivity contribution is 6.01. The van der Waals surface area contributed by atoms with E-state index in [1.807, 2.05) is 30.4 Å². The van der Waals surface area contributed by atoms with Crippen molar-refractivity contribution in [3.05, 3.63) is 77.4 Å². The highest BCUT2D eigenvalue weighted by atomic mass is 16.6. The number of hydrogen-bond acceptors (Lipinski definition) is 6. The number of amidine groups is 1. The van der Waals surface area contributed by atoms with Gasteiger partial charge in [-0.3, -0.25) is 4.99 Å². The lowest BCUT2D eigenvalue weighted by molar-refractivity contribution is -0.750. The molecule has 1 aliphatic carbocycles. The van der Waals surface area contributed by atoms with Crippen molar-refractivity contribution in [3.63, 3.8) is 0 Å². The van der Waals surface area contributed by atoms with E-state index in [9.17, 15) is 4.79 Å². The second kappa shape index (κ2) is 6.21. The van der Waals surface area contributed by atoms with Crippen LogP contribution in [0, 0.1) is 0 Å². The Morgan fingerprint density at radius 1 is 1.35 bits per heavy atom. The maximum atomic E-state index is 11.3. The molecule has 7 heteroatoms. The summed E-state index contributed by atoms with van der Waals surface area (Å²) in [7, 11) is 1.32. The van der Waals surface area contributed by atoms with Gasteiger partial charge in [0, 0.05) is 5.57 Å². The normalized spacial score (nSPS) is 22.5. The minimum absolute atomic E-state index is 0.0650. The molecule has 0 fully saturated rings. The molecule has 26 heavy (non-hydrogen) atoms. The summed E-state index contributed by atoms with van der Waals surface area (Å²) in [4.78, 5) is 20.3. The molecule has 0 saturated heterocycles. The summed E-state index contributed by atoms with van der Waals surface area (Å²) < 4.78 is 10.0. The van der Waals surface area contributed by atoms with Crippen LogP contribution in [-0.2, 0) is 9.53 Å². The number of hydrogen-bond donors (Lipinski definition) is 1. The summed E-state index contributed by atoms with van der Waals surface area (Å²) in [5.41, 5.74) is 3.42. The van der Waals surface area contributed by atoms with Crippen molar-refractivity contribution in [1.82, 2.24) is 0 Å². The van der Waals surface area contributed by atoms with Gasteiger partial charge in [0.15, 0.2) is 6.61 Å². The largest absolute Gasteiger partial charge is 0.482 e. The van der Waals surface area contributed by atoms with E-state index >= 15 is 0 Å². The van der Waals surface area contributed by atoms with E-state index in [1.165, 1.54) is 7.11 Å². The molecule has 7 nitrogen and oxygen atoms in total. The molecule has 2 N–H and O–H groups in total. The Labute approximate surface area is 150 Å². The molecule has 0 aromatic heterocycles. The first kappa shape index (κ1) is 16.2. The van der Waals surface area contributed by atoms with E-state index in [1.54, 1.807) is 30.7 Å². The lowest BCUT2D eigenvalue weighted by Crippen LogP contribution is -2.53. The van der Waals surface area contributed by atoms with Gasteiger partial charge in [-0.2, -0.15) is 10.8 Å². The fourth-order valence-electron chi connectivity index (χ4n) is 2.87. The average Bonchev–Trinajstić information content (AvgIpc) is 2.91. The minimum Gasteiger partial charge on any atom is -0.482 e. The topological polar surface area (TPSA) is 86.3 Å². The first-order valence-electron chi connectivity index (χ1n) is 8.03. The van der Waals surface area contributed by atoms with Crippen molar-refractivity contribution in [2.24, 2.45) is 15.8 Å². The predicted molar refractivity (Wildman–Crippen MR) is 96.8 cm³/mol. The first-order chi connectivity index (χ1) is 12.6. The molecule has 1 aromatic rings. The van der Waals surface area contributed by atoms with E-state index in [-0.39, 0.29) is 11.2 Å². The predicted octanol–water partition coefficient (Wildman–Crippen LogP) is 1.95. The van der Waals surface area contributed by atoms with Gasteiger partial charge in [0.25, 0.3) is 5.84 Å². The molecule has 4 rings (SSSR count). The van der Waals surface area contributed by atoms with E-state index in [0.29, 0.717) is 11.6 Å². The molecule has 1 aromatic carbocycles. The molecular formula is C19H17N4O3+. The molecule has 0 spiro atoms. The van der Waals surface area contributed by atoms with Crippen LogP contribution in [0.2, 0.25) is 0 Å². The van der Waals surface area contributed by atoms with Crippen LogP contribution in [0.5, 0.6) is 5.75 Å². The van der Waals surface area contributed by atoms with Crippen molar-refractivity contribution >= 4 is 18.0 Å². The summed E-state index contributed by atoms with van der Waals surface area (Å²) in [6.07, 6.45) is 11.1. The van der Waals surface area contributed by atoms with Gasteiger partial charge in [0.05, 0.1) is 25.1 Å². The van der Waals surface area contributed by atoms with E-state index in [4.69, 9.17) is 15.6 Å². The van der Waals surface area contributed by atoms with Gasteiger partial charge >= 0.3 is 5.97 Å². The number of fused-ring (bicyclic) bond motifs is 1. The number of nitrogens with zero attached hydrogens (tertiary/aromatic N) is 3. The van der Waals surface area contributed by atoms with Crippen LogP contribution in [-0.4, -0.2) is 36.3 Å². The first-order valence-corrected chi connectivity index (χ1v) is 8.03. The molecule has 0 saturated carbocycles. The zero-order chi connectivity index (χ0) is 18.1. The number of aliphatic imine (C=N–C) groups is 2. The summed E-state index contributed by atoms with van der Waals surface area (Å²) in [5.74, 6) is 7.39. The van der Waals surface area contributed by atoms with Crippen LogP contribution in [0.4, 0.5) is 0 Å². The number of allylic oxidation sites excluding steroid dienone is 4. The van der Waals surface area contributed by atoms with Gasteiger partial charge in [0.1, 0.15) is 17.6 Å². The number of ether oxygens (including phenoxy) is 2. The zero-order valence-corrected chi connectivity index (χ0v) is 14.1. The maximum Gasteiger partial charge on any atom is 0.343 e. The summed E-state index contributed by atoms with van der Waals surface area (Å²) in [6, 6.07) is 7.31. The SMILES string of the molecule is COC(=O)COc1cccc(C2=NC(C3=CC=C3)=C3C=NC=C[N+]23N)c1. The van der Waals surface area contributed by atoms with E-state index < -0.39 is 5.97 Å². The lowest BCUT2D eigenvalue weighted by atomic mass is 10.0. The minimum atomic E-state index is -0.443. The molecule has 0 radical (unpaired) electrons. The van der Waals surface area contributed by atoms with Gasteiger partial charge in [0.2, 0.25) is 5.70 Å². The monoisotopic (exact) mass is 349 g/mol. The van der Waals surface area contributed by atoms with E-state index in [0.717, 1.165) is 22.5 Å². The molecular weight excluding hydrogens is 332 g/mol. The van der Waals surface area contributed by atoms with Crippen LogP contribution >= 0.6 is 0 Å². The van der Waals surface area contributed by atoms with Crippen LogP contribution < -0.4 is 10.6 Å². The van der Waals surface area contributed by atoms with Crippen molar-refractivity contribution in [1.29, 1.82) is 0 Å². The average molecular weight is 349 g/mol. The van der Waals surface area contributed by atoms with Crippen molar-refractivity contribution in [2.45, 2.75) is 0 Å². The number of carbonyl (C=O) groups excluding carboxylic acids is 1. The Morgan fingerprint density at radius 2 is 2.19 bits per heavy atom. The maximum absolute atomic E-state index is 11.3. The van der Waals surface area contributed by atoms with Gasteiger partial charge in [-0.25, -0.2) is 4.79 Å². The van der Waals surface area contributed by atoms with Crippen LogP contribution in [0.15, 0.2) is 81.8 Å². The Bertz CT molecular complexity index is 969. The fourth-order valence-corrected chi connectivity index (χ4v) is 2.87. The molecule has 0 amide bonds. The van der Waals surface area contributed by atoms with Crippen molar-refractivity contribution in [3.8, 4) is 5.75 Å². The third-order valence-electron chi connectivity index (χ3n) is 4.30. The number of rotatable bonds is 5. The van der Waals surface area contributed by atoms with Gasteiger partial charge in [-0.15, -0.1) is 4.59 Å². The van der Waals surface area contributed by atoms with Gasteiger partial charge in [-0.05, 0) is 18.2 Å². The third-order valence-corrected chi connectivity index (χ3v) is 4.30. The second-order valence-corrected chi connectivity index (χ2v) is 5.90. The Kier molecular flexibility index (Phi) is 3.87. The number of carbonyl (C=O) groups is 1. The smallest absolute Gasteiger partial charge is 0.343 e. The number of quaternary nitrogens is 1. The highest BCUT2D eigenvalue weighted by Gasteiger charge is 2.44. The van der Waals surface area contributed by atoms with Crippen LogP contribution in [0.25, 0.3) is 0 Å². The molecule has 3 aliphatic rings. The number of benzene rings is 1. The molecule has 1 atom stereocenters. The Hall–Kier alpha value is -3.29.